The van der Waals surface area contributed by atoms with Crippen LogP contribution in [-0.4, -0.2) is 24.7 Å². The van der Waals surface area contributed by atoms with Crippen molar-refractivity contribution in [1.82, 2.24) is 0 Å². The summed E-state index contributed by atoms with van der Waals surface area (Å²) in [6.45, 7) is 0. The summed E-state index contributed by atoms with van der Waals surface area (Å²) in [5, 5.41) is 0.0670. The largest absolute Gasteiger partial charge is 0.488 e. The Hall–Kier alpha value is -1.51. The summed E-state index contributed by atoms with van der Waals surface area (Å²) in [5.41, 5.74) is 2.59. The molecule has 2 aromatic rings. The van der Waals surface area contributed by atoms with Crippen LogP contribution in [0.25, 0.3) is 0 Å². The average molecular weight is 303 g/mol. The molecule has 0 heterocycles. The molecule has 1 saturated carbocycles. The van der Waals surface area contributed by atoms with Gasteiger partial charge in [-0.3, -0.25) is 0 Å². The number of methoxy groups -OCH3 is 1. The fourth-order valence-electron chi connectivity index (χ4n) is 2.63. The first kappa shape index (κ1) is 14.4. The summed E-state index contributed by atoms with van der Waals surface area (Å²) >= 11 is 6.09. The van der Waals surface area contributed by atoms with Gasteiger partial charge in [-0.05, 0) is 29.7 Å². The Morgan fingerprint density at radius 2 is 1.67 bits per heavy atom. The lowest BCUT2D eigenvalue weighted by Crippen LogP contribution is -2.52. The van der Waals surface area contributed by atoms with Gasteiger partial charge in [0.05, 0.1) is 5.38 Å². The van der Waals surface area contributed by atoms with E-state index in [0.717, 1.165) is 18.6 Å². The van der Waals surface area contributed by atoms with Gasteiger partial charge < -0.3 is 9.47 Å². The maximum absolute atomic E-state index is 6.09. The van der Waals surface area contributed by atoms with Gasteiger partial charge in [0.15, 0.2) is 0 Å². The molecule has 0 spiro atoms. The van der Waals surface area contributed by atoms with E-state index >= 15 is 0 Å². The minimum absolute atomic E-state index is 0.00402. The van der Waals surface area contributed by atoms with Gasteiger partial charge in [0, 0.05) is 13.5 Å². The van der Waals surface area contributed by atoms with Crippen molar-refractivity contribution in [2.45, 2.75) is 30.4 Å². The molecule has 3 unspecified atom stereocenters. The molecule has 0 N–H and O–H groups in total. The van der Waals surface area contributed by atoms with Crippen molar-refractivity contribution in [2.75, 3.05) is 7.11 Å². The van der Waals surface area contributed by atoms with E-state index in [-0.39, 0.29) is 17.6 Å². The fourth-order valence-corrected chi connectivity index (χ4v) is 3.07. The summed E-state index contributed by atoms with van der Waals surface area (Å²) in [6.07, 6.45) is 1.84. The van der Waals surface area contributed by atoms with Gasteiger partial charge in [0.25, 0.3) is 0 Å². The van der Waals surface area contributed by atoms with E-state index in [0.29, 0.717) is 0 Å². The van der Waals surface area contributed by atoms with Crippen LogP contribution in [0.5, 0.6) is 5.75 Å². The van der Waals surface area contributed by atoms with Crippen LogP contribution in [0.1, 0.15) is 17.5 Å². The van der Waals surface area contributed by atoms with Gasteiger partial charge in [-0.2, -0.15) is 0 Å². The lowest BCUT2D eigenvalue weighted by Gasteiger charge is -2.39. The number of rotatable bonds is 5. The molecule has 1 fully saturated rings. The second kappa shape index (κ2) is 6.50. The molecule has 110 valence electrons. The number of hydrogen-bond acceptors (Lipinski definition) is 2. The molecule has 2 aromatic carbocycles. The van der Waals surface area contributed by atoms with Crippen molar-refractivity contribution in [2.24, 2.45) is 0 Å². The third kappa shape index (κ3) is 3.39. The van der Waals surface area contributed by atoms with Crippen LogP contribution in [0, 0.1) is 0 Å². The van der Waals surface area contributed by atoms with Crippen LogP contribution in [0.3, 0.4) is 0 Å². The molecule has 0 aliphatic heterocycles. The zero-order valence-electron chi connectivity index (χ0n) is 12.0. The third-order valence-electron chi connectivity index (χ3n) is 3.91. The van der Waals surface area contributed by atoms with E-state index in [9.17, 15) is 0 Å². The fraction of sp³-hybridized carbons (Fsp3) is 0.333. The number of halogens is 1. The second-order valence-corrected chi connectivity index (χ2v) is 5.98. The molecule has 2 nitrogen and oxygen atoms in total. The highest BCUT2D eigenvalue weighted by Crippen LogP contribution is 2.32. The van der Waals surface area contributed by atoms with Crippen molar-refractivity contribution in [3.05, 3.63) is 65.7 Å². The van der Waals surface area contributed by atoms with Crippen LogP contribution in [0.2, 0.25) is 0 Å². The summed E-state index contributed by atoms with van der Waals surface area (Å²) in [4.78, 5) is 0. The lowest BCUT2D eigenvalue weighted by atomic mass is 9.91. The average Bonchev–Trinajstić information content (AvgIpc) is 2.50. The smallest absolute Gasteiger partial charge is 0.128 e. The van der Waals surface area contributed by atoms with Gasteiger partial charge in [-0.1, -0.05) is 42.5 Å². The highest BCUT2D eigenvalue weighted by molar-refractivity contribution is 6.21. The molecule has 1 aliphatic rings. The van der Waals surface area contributed by atoms with Gasteiger partial charge in [-0.25, -0.2) is 0 Å². The van der Waals surface area contributed by atoms with E-state index in [1.807, 2.05) is 18.2 Å². The predicted octanol–water partition coefficient (Wildman–Crippen LogP) is 4.05. The van der Waals surface area contributed by atoms with Crippen LogP contribution in [-0.2, 0) is 11.2 Å². The van der Waals surface area contributed by atoms with E-state index in [4.69, 9.17) is 21.1 Å². The molecule has 0 radical (unpaired) electrons. The SMILES string of the molecule is COC1C(Cl)CC1Oc1ccc(Cc2ccccc2)cc1. The van der Waals surface area contributed by atoms with Crippen molar-refractivity contribution >= 4 is 11.6 Å². The molecule has 0 amide bonds. The topological polar surface area (TPSA) is 18.5 Å². The zero-order valence-corrected chi connectivity index (χ0v) is 12.8. The third-order valence-corrected chi connectivity index (χ3v) is 4.34. The molecule has 3 rings (SSSR count). The van der Waals surface area contributed by atoms with Gasteiger partial charge in [0.1, 0.15) is 18.0 Å². The van der Waals surface area contributed by atoms with Crippen molar-refractivity contribution in [1.29, 1.82) is 0 Å². The monoisotopic (exact) mass is 302 g/mol. The van der Waals surface area contributed by atoms with Crippen molar-refractivity contribution < 1.29 is 9.47 Å². The molecule has 1 aliphatic carbocycles. The highest BCUT2D eigenvalue weighted by atomic mass is 35.5. The van der Waals surface area contributed by atoms with Gasteiger partial charge in [0.2, 0.25) is 0 Å². The molecule has 0 bridgehead atoms. The maximum Gasteiger partial charge on any atom is 0.128 e. The molecule has 0 saturated heterocycles. The summed E-state index contributed by atoms with van der Waals surface area (Å²) < 4.78 is 11.2. The standard InChI is InChI=1S/C18H19ClO2/c1-20-18-16(19)12-17(18)21-15-9-7-14(8-10-15)11-13-5-3-2-4-6-13/h2-10,16-18H,11-12H2,1H3. The first-order valence-electron chi connectivity index (χ1n) is 7.22. The molecular weight excluding hydrogens is 284 g/mol. The molecular formula is C18H19ClO2. The van der Waals surface area contributed by atoms with E-state index in [1.54, 1.807) is 7.11 Å². The Morgan fingerprint density at radius 3 is 2.29 bits per heavy atom. The molecule has 3 heteroatoms. The van der Waals surface area contributed by atoms with Crippen molar-refractivity contribution in [3.63, 3.8) is 0 Å². The van der Waals surface area contributed by atoms with Crippen LogP contribution in [0.4, 0.5) is 0 Å². The minimum Gasteiger partial charge on any atom is -0.488 e. The minimum atomic E-state index is -0.00402. The number of benzene rings is 2. The Labute approximate surface area is 130 Å². The van der Waals surface area contributed by atoms with Gasteiger partial charge >= 0.3 is 0 Å². The number of ether oxygens (including phenoxy) is 2. The molecule has 3 atom stereocenters. The molecule has 0 aromatic heterocycles. The highest BCUT2D eigenvalue weighted by Gasteiger charge is 2.42. The van der Waals surface area contributed by atoms with Crippen LogP contribution in [0.15, 0.2) is 54.6 Å². The quantitative estimate of drug-likeness (QED) is 0.776. The van der Waals surface area contributed by atoms with Crippen LogP contribution >= 0.6 is 11.6 Å². The second-order valence-electron chi connectivity index (χ2n) is 5.41. The number of hydrogen-bond donors (Lipinski definition) is 0. The molecule has 21 heavy (non-hydrogen) atoms. The Bertz CT molecular complexity index is 568. The predicted molar refractivity (Wildman–Crippen MR) is 85.2 cm³/mol. The summed E-state index contributed by atoms with van der Waals surface area (Å²) in [7, 11) is 1.68. The van der Waals surface area contributed by atoms with Crippen LogP contribution < -0.4 is 4.74 Å². The number of alkyl halides is 1. The maximum atomic E-state index is 6.09. The van der Waals surface area contributed by atoms with Crippen molar-refractivity contribution in [3.8, 4) is 5.75 Å². The van der Waals surface area contributed by atoms with Gasteiger partial charge in [-0.15, -0.1) is 11.6 Å². The Balaban J connectivity index is 1.60. The first-order valence-corrected chi connectivity index (χ1v) is 7.66. The van der Waals surface area contributed by atoms with E-state index < -0.39 is 0 Å². The van der Waals surface area contributed by atoms with E-state index in [2.05, 4.69) is 36.4 Å². The summed E-state index contributed by atoms with van der Waals surface area (Å²) in [6, 6.07) is 18.7. The normalized spacial score (nSPS) is 24.4. The summed E-state index contributed by atoms with van der Waals surface area (Å²) in [5.74, 6) is 0.877. The lowest BCUT2D eigenvalue weighted by molar-refractivity contribution is -0.0583. The Kier molecular flexibility index (Phi) is 4.47. The van der Waals surface area contributed by atoms with E-state index in [1.165, 1.54) is 11.1 Å². The first-order chi connectivity index (χ1) is 10.3. The zero-order chi connectivity index (χ0) is 14.7. The Morgan fingerprint density at radius 1 is 1.00 bits per heavy atom.